The van der Waals surface area contributed by atoms with E-state index in [0.29, 0.717) is 0 Å². The number of hydrogen-bond donors (Lipinski definition) is 2. The molecule has 27 heavy (non-hydrogen) atoms. The zero-order chi connectivity index (χ0) is 20.5. The van der Waals surface area contributed by atoms with Crippen molar-refractivity contribution in [3.8, 4) is 5.75 Å². The van der Waals surface area contributed by atoms with Gasteiger partial charge in [0.25, 0.3) is 5.91 Å². The zero-order valence-electron chi connectivity index (χ0n) is 14.7. The van der Waals surface area contributed by atoms with Gasteiger partial charge in [-0.25, -0.2) is 26.8 Å². The van der Waals surface area contributed by atoms with E-state index in [1.807, 2.05) is 0 Å². The average molecular weight is 420 g/mol. The molecule has 12 heteroatoms. The molecule has 1 heterocycles. The van der Waals surface area contributed by atoms with Crippen molar-refractivity contribution in [3.63, 3.8) is 0 Å². The van der Waals surface area contributed by atoms with Crippen LogP contribution >= 0.6 is 0 Å². The number of nitrogens with one attached hydrogen (secondary N) is 1. The first kappa shape index (κ1) is 21.1. The Balaban J connectivity index is 2.06. The molecule has 150 valence electrons. The molecule has 1 aliphatic heterocycles. The molecule has 1 unspecified atom stereocenters. The van der Waals surface area contributed by atoms with Crippen LogP contribution in [0, 0.1) is 0 Å². The second-order valence-electron chi connectivity index (χ2n) is 6.43. The van der Waals surface area contributed by atoms with Crippen LogP contribution in [0.25, 0.3) is 0 Å². The lowest BCUT2D eigenvalue weighted by Gasteiger charge is -2.23. The molecule has 1 aliphatic rings. The minimum Gasteiger partial charge on any atom is -0.496 e. The molecule has 0 saturated carbocycles. The summed E-state index contributed by atoms with van der Waals surface area (Å²) < 4.78 is 55.8. The molecule has 1 aromatic carbocycles. The molecule has 0 aromatic heterocycles. The van der Waals surface area contributed by atoms with Crippen LogP contribution in [0.5, 0.6) is 5.75 Å². The minimum absolute atomic E-state index is 0.0267. The Labute approximate surface area is 157 Å². The van der Waals surface area contributed by atoms with Crippen molar-refractivity contribution < 1.29 is 35.9 Å². The fourth-order valence-electron chi connectivity index (χ4n) is 2.71. The van der Waals surface area contributed by atoms with Crippen LogP contribution in [0.4, 0.5) is 0 Å². The van der Waals surface area contributed by atoms with E-state index < -0.39 is 43.9 Å². The van der Waals surface area contributed by atoms with E-state index >= 15 is 0 Å². The Bertz CT molecular complexity index is 972. The van der Waals surface area contributed by atoms with Gasteiger partial charge in [0.05, 0.1) is 29.0 Å². The first-order chi connectivity index (χ1) is 12.4. The van der Waals surface area contributed by atoms with Crippen molar-refractivity contribution in [1.29, 1.82) is 0 Å². The topological polar surface area (TPSA) is 159 Å². The molecule has 1 amide bonds. The van der Waals surface area contributed by atoms with Crippen LogP contribution in [0.2, 0.25) is 0 Å². The number of methoxy groups -OCH3 is 1. The summed E-state index contributed by atoms with van der Waals surface area (Å²) in [7, 11) is -5.98. The highest BCUT2D eigenvalue weighted by molar-refractivity contribution is 7.91. The highest BCUT2D eigenvalue weighted by Gasteiger charge is 2.39. The van der Waals surface area contributed by atoms with Crippen LogP contribution in [0.3, 0.4) is 0 Å². The lowest BCUT2D eigenvalue weighted by atomic mass is 10.0. The van der Waals surface area contributed by atoms with Gasteiger partial charge in [0.1, 0.15) is 11.3 Å². The lowest BCUT2D eigenvalue weighted by Crippen LogP contribution is -2.48. The van der Waals surface area contributed by atoms with Crippen LogP contribution < -0.4 is 15.2 Å². The second-order valence-corrected chi connectivity index (χ2v) is 10.2. The SMILES string of the molecule is COc1ccc(S(N)(=O)=O)cc1C(=O)OCC(=O)NC1(C)CCS(=O)(=O)C1. The van der Waals surface area contributed by atoms with Crippen molar-refractivity contribution >= 4 is 31.7 Å². The Morgan fingerprint density at radius 1 is 1.33 bits per heavy atom. The van der Waals surface area contributed by atoms with Gasteiger partial charge >= 0.3 is 5.97 Å². The molecular formula is C15H20N2O8S2. The molecule has 1 aromatic rings. The first-order valence-electron chi connectivity index (χ1n) is 7.75. The van der Waals surface area contributed by atoms with Gasteiger partial charge in [-0.15, -0.1) is 0 Å². The predicted octanol–water partition coefficient (Wildman–Crippen LogP) is -0.807. The summed E-state index contributed by atoms with van der Waals surface area (Å²) in [5.74, 6) is -1.84. The number of sulfonamides is 1. The Morgan fingerprint density at radius 3 is 2.52 bits per heavy atom. The third-order valence-corrected chi connectivity index (χ3v) is 6.81. The number of hydrogen-bond acceptors (Lipinski definition) is 8. The first-order valence-corrected chi connectivity index (χ1v) is 11.1. The van der Waals surface area contributed by atoms with E-state index in [9.17, 15) is 26.4 Å². The van der Waals surface area contributed by atoms with Crippen LogP contribution in [0.1, 0.15) is 23.7 Å². The fraction of sp³-hybridized carbons (Fsp3) is 0.467. The maximum atomic E-state index is 12.2. The van der Waals surface area contributed by atoms with Crippen molar-refractivity contribution in [3.05, 3.63) is 23.8 Å². The Morgan fingerprint density at radius 2 is 2.00 bits per heavy atom. The van der Waals surface area contributed by atoms with Crippen molar-refractivity contribution in [2.75, 3.05) is 25.2 Å². The van der Waals surface area contributed by atoms with Crippen molar-refractivity contribution in [2.24, 2.45) is 5.14 Å². The van der Waals surface area contributed by atoms with Gasteiger partial charge in [-0.1, -0.05) is 0 Å². The van der Waals surface area contributed by atoms with E-state index in [4.69, 9.17) is 14.6 Å². The predicted molar refractivity (Wildman–Crippen MR) is 94.5 cm³/mol. The van der Waals surface area contributed by atoms with E-state index in [1.165, 1.54) is 19.2 Å². The second kappa shape index (κ2) is 7.44. The summed E-state index contributed by atoms with van der Waals surface area (Å²) in [6.07, 6.45) is 0.263. The van der Waals surface area contributed by atoms with Crippen molar-refractivity contribution in [2.45, 2.75) is 23.8 Å². The van der Waals surface area contributed by atoms with Crippen LogP contribution in [0.15, 0.2) is 23.1 Å². The average Bonchev–Trinajstić information content (AvgIpc) is 2.84. The normalized spacial score (nSPS) is 21.4. The lowest BCUT2D eigenvalue weighted by molar-refractivity contribution is -0.125. The number of benzene rings is 1. The largest absolute Gasteiger partial charge is 0.496 e. The summed E-state index contributed by atoms with van der Waals surface area (Å²) in [5, 5.41) is 7.57. The Kier molecular flexibility index (Phi) is 5.82. The standard InChI is InChI=1S/C15H20N2O8S2/c1-15(5-6-26(20,21)9-15)17-13(18)8-25-14(19)11-7-10(27(16,22)23)3-4-12(11)24-2/h3-4,7H,5-6,8-9H2,1-2H3,(H,17,18)(H2,16,22,23). The minimum atomic E-state index is -4.05. The van der Waals surface area contributed by atoms with Gasteiger partial charge in [-0.05, 0) is 31.5 Å². The summed E-state index contributed by atoms with van der Waals surface area (Å²) >= 11 is 0. The maximum absolute atomic E-state index is 12.2. The quantitative estimate of drug-likeness (QED) is 0.565. The smallest absolute Gasteiger partial charge is 0.342 e. The third kappa shape index (κ3) is 5.40. The molecule has 1 fully saturated rings. The molecule has 10 nitrogen and oxygen atoms in total. The van der Waals surface area contributed by atoms with Gasteiger partial charge in [0.2, 0.25) is 10.0 Å². The Hall–Kier alpha value is -2.18. The molecule has 2 rings (SSSR count). The van der Waals surface area contributed by atoms with E-state index in [2.05, 4.69) is 5.32 Å². The number of carbonyl (C=O) groups excluding carboxylic acids is 2. The number of sulfone groups is 1. The number of amides is 1. The van der Waals surface area contributed by atoms with Crippen molar-refractivity contribution in [1.82, 2.24) is 5.32 Å². The van der Waals surface area contributed by atoms with Gasteiger partial charge < -0.3 is 14.8 Å². The highest BCUT2D eigenvalue weighted by atomic mass is 32.2. The summed E-state index contributed by atoms with van der Waals surface area (Å²) in [4.78, 5) is 23.9. The number of rotatable bonds is 6. The molecule has 3 N–H and O–H groups in total. The molecule has 0 spiro atoms. The zero-order valence-corrected chi connectivity index (χ0v) is 16.4. The summed E-state index contributed by atoms with van der Waals surface area (Å²) in [6, 6.07) is 3.39. The van der Waals surface area contributed by atoms with Gasteiger partial charge in [0.15, 0.2) is 16.4 Å². The fourth-order valence-corrected chi connectivity index (χ4v) is 5.35. The van der Waals surface area contributed by atoms with E-state index in [1.54, 1.807) is 6.92 Å². The molecule has 0 bridgehead atoms. The molecule has 1 atom stereocenters. The van der Waals surface area contributed by atoms with Crippen LogP contribution in [-0.4, -0.2) is 59.5 Å². The third-order valence-electron chi connectivity index (χ3n) is 4.00. The molecule has 1 saturated heterocycles. The number of primary sulfonamides is 1. The van der Waals surface area contributed by atoms with E-state index in [0.717, 1.165) is 6.07 Å². The van der Waals surface area contributed by atoms with Gasteiger partial charge in [-0.2, -0.15) is 0 Å². The number of esters is 1. The number of nitrogens with two attached hydrogens (primary N) is 1. The van der Waals surface area contributed by atoms with Gasteiger partial charge in [0, 0.05) is 0 Å². The molecule has 0 aliphatic carbocycles. The summed E-state index contributed by atoms with van der Waals surface area (Å²) in [6.45, 7) is 0.924. The molecular weight excluding hydrogens is 400 g/mol. The molecule has 0 radical (unpaired) electrons. The number of ether oxygens (including phenoxy) is 2. The van der Waals surface area contributed by atoms with Gasteiger partial charge in [-0.3, -0.25) is 4.79 Å². The monoisotopic (exact) mass is 420 g/mol. The van der Waals surface area contributed by atoms with E-state index in [-0.39, 0.29) is 34.1 Å². The number of carbonyl (C=O) groups is 2. The highest BCUT2D eigenvalue weighted by Crippen LogP contribution is 2.24. The summed E-state index contributed by atoms with van der Waals surface area (Å²) in [5.41, 5.74) is -1.14. The maximum Gasteiger partial charge on any atom is 0.342 e. The van der Waals surface area contributed by atoms with Crippen LogP contribution in [-0.2, 0) is 29.4 Å².